The number of aliphatic hydroxyl groups is 1. The first-order chi connectivity index (χ1) is 13.8. The van der Waals surface area contributed by atoms with Gasteiger partial charge in [-0.25, -0.2) is 8.91 Å². The van der Waals surface area contributed by atoms with Gasteiger partial charge in [0.2, 0.25) is 0 Å². The van der Waals surface area contributed by atoms with Crippen molar-refractivity contribution in [3.05, 3.63) is 54.4 Å². The molecule has 0 spiro atoms. The molecule has 7 heteroatoms. The lowest BCUT2D eigenvalue weighted by atomic mass is 10.0. The van der Waals surface area contributed by atoms with Crippen LogP contribution in [0.5, 0.6) is 0 Å². The molecule has 0 radical (unpaired) electrons. The fourth-order valence-electron chi connectivity index (χ4n) is 3.13. The molecule has 29 heavy (non-hydrogen) atoms. The highest BCUT2D eigenvalue weighted by Crippen LogP contribution is 2.32. The summed E-state index contributed by atoms with van der Waals surface area (Å²) < 4.78 is 15.8. The van der Waals surface area contributed by atoms with Crippen LogP contribution in [0.1, 0.15) is 37.0 Å². The Hall–Kier alpha value is -2.93. The molecule has 4 rings (SSSR count). The normalized spacial score (nSPS) is 15.3. The number of hydrogen-bond acceptors (Lipinski definition) is 4. The zero-order chi connectivity index (χ0) is 20.6. The number of nitrogens with zero attached hydrogens (tertiary/aromatic N) is 2. The molecule has 1 aliphatic carbocycles. The molecule has 152 valence electrons. The summed E-state index contributed by atoms with van der Waals surface area (Å²) in [6.45, 7) is 2.49. The molecule has 2 heterocycles. The van der Waals surface area contributed by atoms with Crippen LogP contribution in [-0.2, 0) is 0 Å². The smallest absolute Gasteiger partial charge is 0.255 e. The van der Waals surface area contributed by atoms with Gasteiger partial charge >= 0.3 is 0 Å². The number of carbonyl (C=O) groups is 1. The van der Waals surface area contributed by atoms with Crippen LogP contribution in [0.2, 0.25) is 0 Å². The van der Waals surface area contributed by atoms with Crippen LogP contribution in [0.15, 0.2) is 48.8 Å². The SMILES string of the molecule is CC(C)(O)C(F)CNC(=O)c1cnn2cc(-c3ccccc3)cc2c1NC1CC1. The summed E-state index contributed by atoms with van der Waals surface area (Å²) in [6, 6.07) is 12.3. The number of nitrogens with one attached hydrogen (secondary N) is 2. The van der Waals surface area contributed by atoms with Crippen molar-refractivity contribution in [1.82, 2.24) is 14.9 Å². The lowest BCUT2D eigenvalue weighted by molar-refractivity contribution is -0.00177. The van der Waals surface area contributed by atoms with Crippen molar-refractivity contribution in [2.24, 2.45) is 0 Å². The van der Waals surface area contributed by atoms with Gasteiger partial charge in [0.15, 0.2) is 0 Å². The molecule has 0 aliphatic heterocycles. The van der Waals surface area contributed by atoms with Gasteiger partial charge in [0, 0.05) is 17.8 Å². The van der Waals surface area contributed by atoms with Crippen LogP contribution in [-0.4, -0.2) is 45.0 Å². The first kappa shape index (κ1) is 19.4. The second-order valence-electron chi connectivity index (χ2n) is 8.11. The summed E-state index contributed by atoms with van der Waals surface area (Å²) in [4.78, 5) is 12.8. The molecule has 2 aromatic heterocycles. The Morgan fingerprint density at radius 1 is 1.31 bits per heavy atom. The summed E-state index contributed by atoms with van der Waals surface area (Å²) in [5.41, 5.74) is 2.40. The molecule has 6 nitrogen and oxygen atoms in total. The summed E-state index contributed by atoms with van der Waals surface area (Å²) in [5, 5.41) is 20.1. The monoisotopic (exact) mass is 396 g/mol. The van der Waals surface area contributed by atoms with Gasteiger partial charge in [0.25, 0.3) is 5.91 Å². The van der Waals surface area contributed by atoms with Crippen molar-refractivity contribution in [2.75, 3.05) is 11.9 Å². The maximum Gasteiger partial charge on any atom is 0.255 e. The average Bonchev–Trinajstić information content (AvgIpc) is 3.40. The Bertz CT molecular complexity index is 1020. The van der Waals surface area contributed by atoms with Gasteiger partial charge in [0.1, 0.15) is 6.17 Å². The molecular formula is C22H25FN4O2. The third-order valence-corrected chi connectivity index (χ3v) is 5.12. The Labute approximate surface area is 168 Å². The van der Waals surface area contributed by atoms with Crippen molar-refractivity contribution >= 4 is 17.1 Å². The number of amides is 1. The third-order valence-electron chi connectivity index (χ3n) is 5.12. The van der Waals surface area contributed by atoms with Gasteiger partial charge in [-0.1, -0.05) is 30.3 Å². The van der Waals surface area contributed by atoms with Crippen molar-refractivity contribution in [2.45, 2.75) is 44.5 Å². The van der Waals surface area contributed by atoms with Gasteiger partial charge in [0.05, 0.1) is 35.1 Å². The Morgan fingerprint density at radius 3 is 2.69 bits per heavy atom. The third kappa shape index (κ3) is 4.24. The van der Waals surface area contributed by atoms with Gasteiger partial charge in [-0.2, -0.15) is 5.10 Å². The van der Waals surface area contributed by atoms with E-state index in [0.29, 0.717) is 17.3 Å². The molecule has 1 unspecified atom stereocenters. The number of rotatable bonds is 7. The van der Waals surface area contributed by atoms with Crippen molar-refractivity contribution in [1.29, 1.82) is 0 Å². The van der Waals surface area contributed by atoms with Crippen LogP contribution in [0.3, 0.4) is 0 Å². The van der Waals surface area contributed by atoms with E-state index >= 15 is 0 Å². The first-order valence-electron chi connectivity index (χ1n) is 9.81. The molecular weight excluding hydrogens is 371 g/mol. The van der Waals surface area contributed by atoms with Crippen LogP contribution >= 0.6 is 0 Å². The van der Waals surface area contributed by atoms with E-state index in [0.717, 1.165) is 29.5 Å². The standard InChI is InChI=1S/C22H25FN4O2/c1-22(2,29)19(23)12-24-21(28)17-11-25-27-13-15(14-6-4-3-5-7-14)10-18(27)20(17)26-16-8-9-16/h3-7,10-11,13,16,19,26,29H,8-9,12H2,1-2H3,(H,24,28). The number of hydrogen-bond donors (Lipinski definition) is 3. The zero-order valence-corrected chi connectivity index (χ0v) is 16.5. The molecule has 3 N–H and O–H groups in total. The van der Waals surface area contributed by atoms with E-state index < -0.39 is 17.7 Å². The largest absolute Gasteiger partial charge is 0.387 e. The quantitative estimate of drug-likeness (QED) is 0.572. The van der Waals surface area contributed by atoms with Crippen molar-refractivity contribution in [3.63, 3.8) is 0 Å². The van der Waals surface area contributed by atoms with E-state index in [1.54, 1.807) is 4.52 Å². The number of carbonyl (C=O) groups excluding carboxylic acids is 1. The van der Waals surface area contributed by atoms with E-state index in [-0.39, 0.29) is 6.54 Å². The fraction of sp³-hybridized carbons (Fsp3) is 0.364. The minimum absolute atomic E-state index is 0.271. The average molecular weight is 396 g/mol. The van der Waals surface area contributed by atoms with Gasteiger partial charge < -0.3 is 15.7 Å². The lowest BCUT2D eigenvalue weighted by Gasteiger charge is -2.22. The molecule has 1 amide bonds. The molecule has 1 fully saturated rings. The zero-order valence-electron chi connectivity index (χ0n) is 16.5. The minimum Gasteiger partial charge on any atom is -0.387 e. The highest BCUT2D eigenvalue weighted by molar-refractivity contribution is 6.03. The number of benzene rings is 1. The van der Waals surface area contributed by atoms with E-state index in [2.05, 4.69) is 15.7 Å². The van der Waals surface area contributed by atoms with E-state index in [9.17, 15) is 14.3 Å². The van der Waals surface area contributed by atoms with Crippen molar-refractivity contribution < 1.29 is 14.3 Å². The lowest BCUT2D eigenvalue weighted by Crippen LogP contribution is -2.42. The summed E-state index contributed by atoms with van der Waals surface area (Å²) in [6.07, 6.45) is 3.95. The van der Waals surface area contributed by atoms with Crippen LogP contribution < -0.4 is 10.6 Å². The molecule has 3 aromatic rings. The number of halogens is 1. The molecule has 1 aliphatic rings. The van der Waals surface area contributed by atoms with Crippen LogP contribution in [0.25, 0.3) is 16.6 Å². The Balaban J connectivity index is 1.67. The Kier molecular flexibility index (Phi) is 5.00. The number of anilines is 1. The fourth-order valence-corrected chi connectivity index (χ4v) is 3.13. The predicted octanol–water partition coefficient (Wildman–Crippen LogP) is 3.41. The second kappa shape index (κ2) is 7.48. The Morgan fingerprint density at radius 2 is 2.03 bits per heavy atom. The van der Waals surface area contributed by atoms with E-state index in [1.165, 1.54) is 20.0 Å². The number of aromatic nitrogens is 2. The van der Waals surface area contributed by atoms with E-state index in [4.69, 9.17) is 0 Å². The van der Waals surface area contributed by atoms with Gasteiger partial charge in [-0.15, -0.1) is 0 Å². The summed E-state index contributed by atoms with van der Waals surface area (Å²) in [5.74, 6) is -0.419. The van der Waals surface area contributed by atoms with E-state index in [1.807, 2.05) is 42.6 Å². The van der Waals surface area contributed by atoms with Crippen molar-refractivity contribution in [3.8, 4) is 11.1 Å². The van der Waals surface area contributed by atoms with Gasteiger partial charge in [-0.3, -0.25) is 4.79 Å². The predicted molar refractivity (Wildman–Crippen MR) is 111 cm³/mol. The maximum atomic E-state index is 14.1. The second-order valence-corrected chi connectivity index (χ2v) is 8.11. The van der Waals surface area contributed by atoms with Gasteiger partial charge in [-0.05, 0) is 38.3 Å². The first-order valence-corrected chi connectivity index (χ1v) is 9.81. The summed E-state index contributed by atoms with van der Waals surface area (Å²) in [7, 11) is 0. The molecule has 1 atom stereocenters. The number of fused-ring (bicyclic) bond motifs is 1. The topological polar surface area (TPSA) is 78.7 Å². The molecule has 0 saturated heterocycles. The molecule has 1 aromatic carbocycles. The number of alkyl halides is 1. The minimum atomic E-state index is -1.57. The molecule has 1 saturated carbocycles. The highest BCUT2D eigenvalue weighted by atomic mass is 19.1. The maximum absolute atomic E-state index is 14.1. The molecule has 0 bridgehead atoms. The summed E-state index contributed by atoms with van der Waals surface area (Å²) >= 11 is 0. The van der Waals surface area contributed by atoms with Crippen LogP contribution in [0, 0.1) is 0 Å². The highest BCUT2D eigenvalue weighted by Gasteiger charge is 2.29. The van der Waals surface area contributed by atoms with Crippen LogP contribution in [0.4, 0.5) is 10.1 Å².